The van der Waals surface area contributed by atoms with Crippen LogP contribution in [0.2, 0.25) is 5.02 Å². The zero-order valence-electron chi connectivity index (χ0n) is 15.7. The second-order valence-corrected chi connectivity index (χ2v) is 9.82. The fourth-order valence-corrected chi connectivity index (χ4v) is 5.50. The fourth-order valence-electron chi connectivity index (χ4n) is 3.79. The van der Waals surface area contributed by atoms with Crippen LogP contribution in [0.4, 0.5) is 4.39 Å². The van der Waals surface area contributed by atoms with Crippen molar-refractivity contribution in [1.29, 1.82) is 0 Å². The number of rotatable bonds is 7. The lowest BCUT2D eigenvalue weighted by atomic mass is 9.75. The summed E-state index contributed by atoms with van der Waals surface area (Å²) in [5.74, 6) is -0.642. The van der Waals surface area contributed by atoms with Crippen molar-refractivity contribution in [3.8, 4) is 0 Å². The Kier molecular flexibility index (Phi) is 6.76. The van der Waals surface area contributed by atoms with Crippen molar-refractivity contribution in [3.05, 3.63) is 64.9 Å². The molecule has 0 unspecified atom stereocenters. The number of piperidine rings is 1. The number of sulfonamides is 1. The first-order valence-electron chi connectivity index (χ1n) is 9.46. The Morgan fingerprint density at radius 3 is 2.39 bits per heavy atom. The van der Waals surface area contributed by atoms with Gasteiger partial charge in [-0.25, -0.2) is 12.8 Å². The normalized spacial score (nSPS) is 17.5. The van der Waals surface area contributed by atoms with E-state index >= 15 is 0 Å². The molecular weight excluding hydrogens is 401 g/mol. The summed E-state index contributed by atoms with van der Waals surface area (Å²) in [4.78, 5) is -0.000485. The molecule has 1 heterocycles. The van der Waals surface area contributed by atoms with Crippen molar-refractivity contribution in [2.75, 3.05) is 19.7 Å². The molecule has 2 aromatic carbocycles. The van der Waals surface area contributed by atoms with E-state index in [9.17, 15) is 17.9 Å². The standard InChI is InChI=1S/C21H25ClFNO3S/c22-19-15-18(8-9-20(19)23)28(26,27)24-13-11-21(16-25,12-14-24)10-4-7-17-5-2-1-3-6-17/h1-3,5-6,8-9,15,25H,4,7,10-14,16H2. The van der Waals surface area contributed by atoms with Crippen LogP contribution in [0.3, 0.4) is 0 Å². The highest BCUT2D eigenvalue weighted by Crippen LogP contribution is 2.38. The molecule has 152 valence electrons. The summed E-state index contributed by atoms with van der Waals surface area (Å²) in [6.07, 6.45) is 3.96. The van der Waals surface area contributed by atoms with Gasteiger partial charge in [-0.3, -0.25) is 0 Å². The summed E-state index contributed by atoms with van der Waals surface area (Å²) >= 11 is 5.74. The minimum absolute atomic E-state index is 0.000485. The maximum absolute atomic E-state index is 13.3. The largest absolute Gasteiger partial charge is 0.396 e. The molecule has 0 amide bonds. The Balaban J connectivity index is 1.61. The molecule has 1 aliphatic heterocycles. The van der Waals surface area contributed by atoms with Crippen molar-refractivity contribution in [3.63, 3.8) is 0 Å². The Morgan fingerprint density at radius 1 is 1.11 bits per heavy atom. The van der Waals surface area contributed by atoms with E-state index in [1.807, 2.05) is 18.2 Å². The maximum Gasteiger partial charge on any atom is 0.243 e. The van der Waals surface area contributed by atoms with Gasteiger partial charge in [0.1, 0.15) is 5.82 Å². The van der Waals surface area contributed by atoms with Gasteiger partial charge in [0.25, 0.3) is 0 Å². The number of hydrogen-bond donors (Lipinski definition) is 1. The molecule has 0 saturated carbocycles. The van der Waals surface area contributed by atoms with Gasteiger partial charge in [-0.05, 0) is 61.3 Å². The van der Waals surface area contributed by atoms with Gasteiger partial charge in [0.2, 0.25) is 10.0 Å². The maximum atomic E-state index is 13.3. The number of hydrogen-bond acceptors (Lipinski definition) is 3. The van der Waals surface area contributed by atoms with E-state index in [0.29, 0.717) is 25.9 Å². The zero-order chi connectivity index (χ0) is 20.2. The molecule has 1 fully saturated rings. The van der Waals surface area contributed by atoms with Gasteiger partial charge in [0.05, 0.1) is 9.92 Å². The van der Waals surface area contributed by atoms with E-state index in [1.165, 1.54) is 15.9 Å². The predicted octanol–water partition coefficient (Wildman–Crippen LogP) is 4.27. The summed E-state index contributed by atoms with van der Waals surface area (Å²) in [6.45, 7) is 0.727. The van der Waals surface area contributed by atoms with Crippen LogP contribution in [-0.2, 0) is 16.4 Å². The molecule has 0 atom stereocenters. The predicted molar refractivity (Wildman–Crippen MR) is 108 cm³/mol. The number of halogens is 2. The Hall–Kier alpha value is -1.47. The van der Waals surface area contributed by atoms with Gasteiger partial charge in [-0.1, -0.05) is 41.9 Å². The second-order valence-electron chi connectivity index (χ2n) is 7.48. The lowest BCUT2D eigenvalue weighted by molar-refractivity contribution is 0.0584. The van der Waals surface area contributed by atoms with Crippen LogP contribution in [0, 0.1) is 11.2 Å². The summed E-state index contributed by atoms with van der Waals surface area (Å²) < 4.78 is 40.4. The third kappa shape index (κ3) is 4.74. The fraction of sp³-hybridized carbons (Fsp3) is 0.429. The summed E-state index contributed by atoms with van der Waals surface area (Å²) in [7, 11) is -3.72. The van der Waals surface area contributed by atoms with Crippen LogP contribution in [0.25, 0.3) is 0 Å². The van der Waals surface area contributed by atoms with Crippen molar-refractivity contribution >= 4 is 21.6 Å². The van der Waals surface area contributed by atoms with E-state index in [2.05, 4.69) is 12.1 Å². The van der Waals surface area contributed by atoms with Crippen LogP contribution in [0.5, 0.6) is 0 Å². The van der Waals surface area contributed by atoms with Crippen molar-refractivity contribution < 1.29 is 17.9 Å². The third-order valence-corrected chi connectivity index (χ3v) is 7.85. The van der Waals surface area contributed by atoms with Crippen molar-refractivity contribution in [2.45, 2.75) is 37.0 Å². The second kappa shape index (κ2) is 8.91. The highest BCUT2D eigenvalue weighted by atomic mass is 35.5. The van der Waals surface area contributed by atoms with Gasteiger partial charge in [-0.15, -0.1) is 0 Å². The highest BCUT2D eigenvalue weighted by molar-refractivity contribution is 7.89. The van der Waals surface area contributed by atoms with Gasteiger partial charge in [0.15, 0.2) is 0 Å². The molecule has 0 aliphatic carbocycles. The van der Waals surface area contributed by atoms with Crippen LogP contribution in [0.1, 0.15) is 31.2 Å². The Morgan fingerprint density at radius 2 is 1.79 bits per heavy atom. The van der Waals surface area contributed by atoms with Crippen molar-refractivity contribution in [1.82, 2.24) is 4.31 Å². The van der Waals surface area contributed by atoms with Gasteiger partial charge in [-0.2, -0.15) is 4.31 Å². The molecule has 3 rings (SSSR count). The van der Waals surface area contributed by atoms with Crippen molar-refractivity contribution in [2.24, 2.45) is 5.41 Å². The number of aliphatic hydroxyl groups excluding tert-OH is 1. The monoisotopic (exact) mass is 425 g/mol. The minimum atomic E-state index is -3.72. The molecule has 1 aliphatic rings. The average molecular weight is 426 g/mol. The summed E-state index contributed by atoms with van der Waals surface area (Å²) in [5, 5.41) is 9.78. The molecular formula is C21H25ClFNO3S. The Bertz CT molecular complexity index is 897. The molecule has 7 heteroatoms. The lowest BCUT2D eigenvalue weighted by Crippen LogP contribution is -2.44. The third-order valence-electron chi connectivity index (χ3n) is 5.66. The van der Waals surface area contributed by atoms with Crippen LogP contribution in [-0.4, -0.2) is 37.5 Å². The topological polar surface area (TPSA) is 57.6 Å². The summed E-state index contributed by atoms with van der Waals surface area (Å²) in [5.41, 5.74) is 1.02. The van der Waals surface area contributed by atoms with Gasteiger partial charge < -0.3 is 5.11 Å². The number of aryl methyl sites for hydroxylation is 1. The smallest absolute Gasteiger partial charge is 0.243 e. The molecule has 0 aromatic heterocycles. The molecule has 0 radical (unpaired) electrons. The first kappa shape index (κ1) is 21.2. The van der Waals surface area contributed by atoms with Crippen LogP contribution < -0.4 is 0 Å². The minimum Gasteiger partial charge on any atom is -0.396 e. The van der Waals surface area contributed by atoms with E-state index in [4.69, 9.17) is 11.6 Å². The molecule has 2 aromatic rings. The van der Waals surface area contributed by atoms with E-state index in [-0.39, 0.29) is 21.9 Å². The molecule has 0 spiro atoms. The summed E-state index contributed by atoms with van der Waals surface area (Å²) in [6, 6.07) is 13.7. The molecule has 1 N–H and O–H groups in total. The number of nitrogens with zero attached hydrogens (tertiary/aromatic N) is 1. The van der Waals surface area contributed by atoms with Crippen LogP contribution >= 0.6 is 11.6 Å². The van der Waals surface area contributed by atoms with E-state index in [1.54, 1.807) is 0 Å². The Labute approximate surface area is 171 Å². The lowest BCUT2D eigenvalue weighted by Gasteiger charge is -2.40. The first-order chi connectivity index (χ1) is 13.4. The van der Waals surface area contributed by atoms with E-state index in [0.717, 1.165) is 31.4 Å². The van der Waals surface area contributed by atoms with Crippen LogP contribution in [0.15, 0.2) is 53.4 Å². The van der Waals surface area contributed by atoms with Gasteiger partial charge in [0, 0.05) is 19.7 Å². The molecule has 28 heavy (non-hydrogen) atoms. The highest BCUT2D eigenvalue weighted by Gasteiger charge is 2.37. The molecule has 1 saturated heterocycles. The van der Waals surface area contributed by atoms with Gasteiger partial charge >= 0.3 is 0 Å². The SMILES string of the molecule is O=S(=O)(c1ccc(F)c(Cl)c1)N1CCC(CO)(CCCc2ccccc2)CC1. The quantitative estimate of drug-likeness (QED) is 0.720. The molecule has 4 nitrogen and oxygen atoms in total. The zero-order valence-corrected chi connectivity index (χ0v) is 17.2. The number of benzene rings is 2. The molecule has 0 bridgehead atoms. The first-order valence-corrected chi connectivity index (χ1v) is 11.3. The average Bonchev–Trinajstić information content (AvgIpc) is 2.71. The number of aliphatic hydroxyl groups is 1. The van der Waals surface area contributed by atoms with E-state index < -0.39 is 15.8 Å².